The third-order valence-corrected chi connectivity index (χ3v) is 3.75. The molecule has 22 heavy (non-hydrogen) atoms. The van der Waals surface area contributed by atoms with Crippen LogP contribution in [0.3, 0.4) is 0 Å². The number of nitrogens with zero attached hydrogens (tertiary/aromatic N) is 2. The molecule has 0 radical (unpaired) electrons. The highest BCUT2D eigenvalue weighted by Crippen LogP contribution is 2.28. The van der Waals surface area contributed by atoms with Crippen molar-refractivity contribution >= 4 is 12.0 Å². The highest BCUT2D eigenvalue weighted by Gasteiger charge is 2.30. The van der Waals surface area contributed by atoms with Crippen LogP contribution in [0.5, 0.6) is 0 Å². The van der Waals surface area contributed by atoms with Crippen molar-refractivity contribution in [2.45, 2.75) is 70.9 Å². The Hall–Kier alpha value is -1.77. The molecule has 0 heterocycles. The lowest BCUT2D eigenvalue weighted by Gasteiger charge is -2.28. The molecule has 0 aromatic carbocycles. The van der Waals surface area contributed by atoms with Crippen LogP contribution >= 0.6 is 0 Å². The Balaban J connectivity index is 2.70. The maximum atomic E-state index is 12.2. The van der Waals surface area contributed by atoms with Crippen LogP contribution in [0.25, 0.3) is 0 Å². The maximum Gasteiger partial charge on any atom is 0.408 e. The molecule has 1 rings (SSSR count). The summed E-state index contributed by atoms with van der Waals surface area (Å²) in [5, 5.41) is 11.6. The lowest BCUT2D eigenvalue weighted by atomic mass is 9.85. The van der Waals surface area contributed by atoms with Crippen LogP contribution in [-0.4, -0.2) is 35.6 Å². The fraction of sp³-hybridized carbons (Fsp3) is 0.812. The van der Waals surface area contributed by atoms with Crippen molar-refractivity contribution in [2.75, 3.05) is 7.05 Å². The molecule has 1 fully saturated rings. The van der Waals surface area contributed by atoms with E-state index in [0.29, 0.717) is 12.3 Å². The number of amides is 2. The van der Waals surface area contributed by atoms with E-state index in [4.69, 9.17) is 10.00 Å². The second-order valence-corrected chi connectivity index (χ2v) is 7.01. The van der Waals surface area contributed by atoms with Crippen LogP contribution in [0.15, 0.2) is 0 Å². The molecule has 1 aliphatic rings. The third kappa shape index (κ3) is 6.33. The minimum atomic E-state index is -0.893. The number of alkyl carbamates (subject to hydrolysis) is 1. The number of rotatable bonds is 4. The Morgan fingerprint density at radius 2 is 1.91 bits per heavy atom. The molecular formula is C16H27N3O3. The molecule has 6 nitrogen and oxygen atoms in total. The molecule has 0 saturated heterocycles. The van der Waals surface area contributed by atoms with Gasteiger partial charge < -0.3 is 10.1 Å². The van der Waals surface area contributed by atoms with E-state index in [1.165, 1.54) is 13.5 Å². The van der Waals surface area contributed by atoms with Gasteiger partial charge >= 0.3 is 6.09 Å². The minimum Gasteiger partial charge on any atom is -0.436 e. The van der Waals surface area contributed by atoms with Crippen molar-refractivity contribution in [2.24, 2.45) is 5.92 Å². The average molecular weight is 309 g/mol. The molecule has 1 N–H and O–H groups in total. The predicted molar refractivity (Wildman–Crippen MR) is 82.7 cm³/mol. The zero-order valence-corrected chi connectivity index (χ0v) is 14.0. The molecular weight excluding hydrogens is 282 g/mol. The molecule has 0 aromatic rings. The average Bonchev–Trinajstić information content (AvgIpc) is 2.44. The number of carbonyl (C=O) groups excluding carboxylic acids is 2. The second kappa shape index (κ2) is 8.02. The lowest BCUT2D eigenvalue weighted by molar-refractivity contribution is -0.137. The van der Waals surface area contributed by atoms with Crippen molar-refractivity contribution in [3.05, 3.63) is 0 Å². The van der Waals surface area contributed by atoms with E-state index in [1.807, 2.05) is 20.8 Å². The van der Waals surface area contributed by atoms with Crippen molar-refractivity contribution in [1.82, 2.24) is 10.2 Å². The number of hydrogen-bond donors (Lipinski definition) is 1. The number of nitriles is 1. The van der Waals surface area contributed by atoms with Crippen molar-refractivity contribution < 1.29 is 14.3 Å². The number of hydrogen-bond acceptors (Lipinski definition) is 4. The Morgan fingerprint density at radius 3 is 2.41 bits per heavy atom. The normalized spacial score (nSPS) is 17.2. The molecule has 0 bridgehead atoms. The molecule has 0 aliphatic heterocycles. The first-order valence-electron chi connectivity index (χ1n) is 7.89. The van der Waals surface area contributed by atoms with Gasteiger partial charge in [0, 0.05) is 12.6 Å². The van der Waals surface area contributed by atoms with Crippen LogP contribution in [0.1, 0.15) is 59.3 Å². The van der Waals surface area contributed by atoms with Crippen LogP contribution in [0.2, 0.25) is 0 Å². The predicted octanol–water partition coefficient (Wildman–Crippen LogP) is 2.79. The summed E-state index contributed by atoms with van der Waals surface area (Å²) in [4.78, 5) is 25.1. The quantitative estimate of drug-likeness (QED) is 0.639. The van der Waals surface area contributed by atoms with Gasteiger partial charge in [-0.2, -0.15) is 5.26 Å². The largest absolute Gasteiger partial charge is 0.436 e. The van der Waals surface area contributed by atoms with E-state index in [-0.39, 0.29) is 0 Å². The maximum absolute atomic E-state index is 12.2. The molecule has 0 aromatic heterocycles. The van der Waals surface area contributed by atoms with E-state index < -0.39 is 23.6 Å². The Bertz CT molecular complexity index is 431. The summed E-state index contributed by atoms with van der Waals surface area (Å²) in [6.07, 6.45) is 6.36. The highest BCUT2D eigenvalue weighted by molar-refractivity contribution is 5.84. The van der Waals surface area contributed by atoms with Gasteiger partial charge in [-0.15, -0.1) is 0 Å². The molecule has 0 spiro atoms. The van der Waals surface area contributed by atoms with Crippen molar-refractivity contribution in [3.63, 3.8) is 0 Å². The summed E-state index contributed by atoms with van der Waals surface area (Å²) in [5.41, 5.74) is -0.434. The van der Waals surface area contributed by atoms with Gasteiger partial charge in [0.05, 0.1) is 0 Å². The standard InChI is InChI=1S/C16H27N3O3/c1-16(2,3)18-15(21)22-13(14(20)19(4)11-17)10-12-8-6-5-7-9-12/h12-13H,5-10H2,1-4H3,(H,18,21). The van der Waals surface area contributed by atoms with Crippen LogP contribution in [0.4, 0.5) is 4.79 Å². The summed E-state index contributed by atoms with van der Waals surface area (Å²) in [5.74, 6) is -0.0886. The first-order chi connectivity index (χ1) is 10.2. The Morgan fingerprint density at radius 1 is 1.32 bits per heavy atom. The summed E-state index contributed by atoms with van der Waals surface area (Å²) in [6, 6.07) is 0. The molecule has 6 heteroatoms. The van der Waals surface area contributed by atoms with Crippen molar-refractivity contribution in [3.8, 4) is 6.19 Å². The van der Waals surface area contributed by atoms with Gasteiger partial charge in [-0.25, -0.2) is 9.69 Å². The summed E-state index contributed by atoms with van der Waals surface area (Å²) < 4.78 is 5.32. The minimum absolute atomic E-state index is 0.372. The lowest BCUT2D eigenvalue weighted by Crippen LogP contribution is -2.45. The van der Waals surface area contributed by atoms with Crippen LogP contribution < -0.4 is 5.32 Å². The summed E-state index contributed by atoms with van der Waals surface area (Å²) in [7, 11) is 1.39. The monoisotopic (exact) mass is 309 g/mol. The van der Waals surface area contributed by atoms with Gasteiger partial charge in [0.15, 0.2) is 12.3 Å². The smallest absolute Gasteiger partial charge is 0.408 e. The number of nitrogens with one attached hydrogen (secondary N) is 1. The van der Waals surface area contributed by atoms with E-state index in [2.05, 4.69) is 5.32 Å². The number of ether oxygens (including phenoxy) is 1. The fourth-order valence-corrected chi connectivity index (χ4v) is 2.66. The van der Waals surface area contributed by atoms with Gasteiger partial charge in [0.25, 0.3) is 5.91 Å². The molecule has 1 aliphatic carbocycles. The van der Waals surface area contributed by atoms with Crippen LogP contribution in [0, 0.1) is 17.4 Å². The van der Waals surface area contributed by atoms with E-state index in [1.54, 1.807) is 6.19 Å². The molecule has 1 atom stereocenters. The second-order valence-electron chi connectivity index (χ2n) is 7.01. The van der Waals surface area contributed by atoms with Gasteiger partial charge in [0.2, 0.25) is 0 Å². The first-order valence-corrected chi connectivity index (χ1v) is 7.89. The Kier molecular flexibility index (Phi) is 6.66. The van der Waals surface area contributed by atoms with Gasteiger partial charge in [-0.05, 0) is 33.1 Å². The molecule has 1 saturated carbocycles. The molecule has 1 unspecified atom stereocenters. The first kappa shape index (κ1) is 18.3. The number of likely N-dealkylation sites (N-methyl/N-ethyl adjacent to an activating group) is 1. The van der Waals surface area contributed by atoms with E-state index in [9.17, 15) is 9.59 Å². The zero-order chi connectivity index (χ0) is 16.8. The van der Waals surface area contributed by atoms with E-state index in [0.717, 1.165) is 30.6 Å². The fourth-order valence-electron chi connectivity index (χ4n) is 2.66. The third-order valence-electron chi connectivity index (χ3n) is 3.75. The summed E-state index contributed by atoms with van der Waals surface area (Å²) >= 11 is 0. The van der Waals surface area contributed by atoms with Gasteiger partial charge in [-0.1, -0.05) is 32.1 Å². The van der Waals surface area contributed by atoms with Gasteiger partial charge in [-0.3, -0.25) is 4.79 Å². The summed E-state index contributed by atoms with van der Waals surface area (Å²) in [6.45, 7) is 5.52. The molecule has 124 valence electrons. The zero-order valence-electron chi connectivity index (χ0n) is 14.0. The van der Waals surface area contributed by atoms with E-state index >= 15 is 0 Å². The SMILES string of the molecule is CN(C#N)C(=O)C(CC1CCCCC1)OC(=O)NC(C)(C)C. The van der Waals surface area contributed by atoms with Crippen LogP contribution in [-0.2, 0) is 9.53 Å². The van der Waals surface area contributed by atoms with Crippen molar-refractivity contribution in [1.29, 1.82) is 5.26 Å². The highest BCUT2D eigenvalue weighted by atomic mass is 16.6. The van der Waals surface area contributed by atoms with Gasteiger partial charge in [0.1, 0.15) is 0 Å². The Labute approximate surface area is 132 Å². The number of carbonyl (C=O) groups is 2. The topological polar surface area (TPSA) is 82.4 Å². The molecule has 2 amide bonds.